The fraction of sp³-hybridized carbons (Fsp3) is 0.231. The zero-order valence-electron chi connectivity index (χ0n) is 11.4. The van der Waals surface area contributed by atoms with Gasteiger partial charge >= 0.3 is 0 Å². The number of imidazole rings is 1. The number of nitro groups is 1. The Bertz CT molecular complexity index is 654. The van der Waals surface area contributed by atoms with E-state index in [1.165, 1.54) is 18.2 Å². The van der Waals surface area contributed by atoms with Crippen LogP contribution in [0.1, 0.15) is 17.3 Å². The zero-order valence-corrected chi connectivity index (χ0v) is 11.4. The number of amides is 1. The molecule has 0 aliphatic rings. The monoisotopic (exact) mass is 289 g/mol. The van der Waals surface area contributed by atoms with Crippen molar-refractivity contribution in [3.05, 3.63) is 52.6 Å². The standard InChI is InChI=1S/C13H15N5O3/c1-9(7-17-5-4-15-8-17)16-13(19)11-6-10(14)2-3-12(11)18(20)21/h2-6,8-9H,7,14H2,1H3,(H,16,19). The van der Waals surface area contributed by atoms with Gasteiger partial charge in [0.1, 0.15) is 5.56 Å². The molecule has 21 heavy (non-hydrogen) atoms. The number of benzene rings is 1. The van der Waals surface area contributed by atoms with Crippen molar-refractivity contribution in [2.24, 2.45) is 0 Å². The van der Waals surface area contributed by atoms with Gasteiger partial charge in [0.2, 0.25) is 0 Å². The van der Waals surface area contributed by atoms with Crippen molar-refractivity contribution in [1.82, 2.24) is 14.9 Å². The molecule has 1 unspecified atom stereocenters. The minimum atomic E-state index is -0.602. The molecule has 1 amide bonds. The number of rotatable bonds is 5. The molecule has 8 heteroatoms. The minimum Gasteiger partial charge on any atom is -0.399 e. The highest BCUT2D eigenvalue weighted by Crippen LogP contribution is 2.21. The van der Waals surface area contributed by atoms with Crippen molar-refractivity contribution in [1.29, 1.82) is 0 Å². The summed E-state index contributed by atoms with van der Waals surface area (Å²) in [5, 5.41) is 13.7. The van der Waals surface area contributed by atoms with E-state index in [0.717, 1.165) is 0 Å². The number of anilines is 1. The lowest BCUT2D eigenvalue weighted by molar-refractivity contribution is -0.385. The normalized spacial score (nSPS) is 11.9. The first kappa shape index (κ1) is 14.5. The maximum atomic E-state index is 12.2. The minimum absolute atomic E-state index is 0.0440. The van der Waals surface area contributed by atoms with Gasteiger partial charge in [-0.3, -0.25) is 14.9 Å². The van der Waals surface area contributed by atoms with Gasteiger partial charge < -0.3 is 15.6 Å². The number of carbonyl (C=O) groups is 1. The zero-order chi connectivity index (χ0) is 15.4. The first-order valence-corrected chi connectivity index (χ1v) is 6.28. The second-order valence-electron chi connectivity index (χ2n) is 4.67. The summed E-state index contributed by atoms with van der Waals surface area (Å²) in [7, 11) is 0. The lowest BCUT2D eigenvalue weighted by atomic mass is 10.1. The van der Waals surface area contributed by atoms with Crippen molar-refractivity contribution < 1.29 is 9.72 Å². The van der Waals surface area contributed by atoms with E-state index in [1.54, 1.807) is 30.2 Å². The molecular weight excluding hydrogens is 274 g/mol. The van der Waals surface area contributed by atoms with E-state index in [9.17, 15) is 14.9 Å². The van der Waals surface area contributed by atoms with Gasteiger partial charge in [-0.25, -0.2) is 4.98 Å². The highest BCUT2D eigenvalue weighted by molar-refractivity contribution is 5.99. The fourth-order valence-corrected chi connectivity index (χ4v) is 1.95. The van der Waals surface area contributed by atoms with E-state index in [4.69, 9.17) is 5.73 Å². The summed E-state index contributed by atoms with van der Waals surface area (Å²) in [6.45, 7) is 2.32. The van der Waals surface area contributed by atoms with E-state index in [2.05, 4.69) is 10.3 Å². The maximum absolute atomic E-state index is 12.2. The molecule has 0 radical (unpaired) electrons. The summed E-state index contributed by atoms with van der Waals surface area (Å²) in [4.78, 5) is 26.4. The average molecular weight is 289 g/mol. The summed E-state index contributed by atoms with van der Waals surface area (Å²) in [5.41, 5.74) is 5.58. The molecule has 0 bridgehead atoms. The Labute approximate surface area is 120 Å². The Kier molecular flexibility index (Phi) is 4.17. The molecule has 1 aromatic heterocycles. The van der Waals surface area contributed by atoms with Crippen LogP contribution >= 0.6 is 0 Å². The number of nitrogens with one attached hydrogen (secondary N) is 1. The van der Waals surface area contributed by atoms with E-state index < -0.39 is 10.8 Å². The lowest BCUT2D eigenvalue weighted by Gasteiger charge is -2.14. The molecule has 1 aromatic carbocycles. The molecular formula is C13H15N5O3. The van der Waals surface area contributed by atoms with Gasteiger partial charge in [0.25, 0.3) is 11.6 Å². The molecule has 2 rings (SSSR count). The molecule has 110 valence electrons. The molecule has 3 N–H and O–H groups in total. The van der Waals surface area contributed by atoms with Crippen LogP contribution in [0.5, 0.6) is 0 Å². The number of nitro benzene ring substituents is 1. The topological polar surface area (TPSA) is 116 Å². The third kappa shape index (κ3) is 3.56. The van der Waals surface area contributed by atoms with Gasteiger partial charge in [0.05, 0.1) is 11.3 Å². The molecule has 0 aliphatic carbocycles. The third-order valence-corrected chi connectivity index (χ3v) is 2.88. The van der Waals surface area contributed by atoms with E-state index in [1.807, 2.05) is 0 Å². The second kappa shape index (κ2) is 6.04. The van der Waals surface area contributed by atoms with Crippen molar-refractivity contribution in [2.45, 2.75) is 19.5 Å². The molecule has 0 aliphatic heterocycles. The van der Waals surface area contributed by atoms with Gasteiger partial charge in [-0.2, -0.15) is 0 Å². The SMILES string of the molecule is CC(Cn1ccnc1)NC(=O)c1cc(N)ccc1[N+](=O)[O-]. The Hall–Kier alpha value is -2.90. The molecule has 1 atom stereocenters. The predicted octanol–water partition coefficient (Wildman–Crippen LogP) is 1.19. The third-order valence-electron chi connectivity index (χ3n) is 2.88. The number of nitrogens with two attached hydrogens (primary N) is 1. The van der Waals surface area contributed by atoms with Crippen molar-refractivity contribution in [3.63, 3.8) is 0 Å². The van der Waals surface area contributed by atoms with Crippen LogP contribution in [-0.4, -0.2) is 26.4 Å². The quantitative estimate of drug-likeness (QED) is 0.487. The highest BCUT2D eigenvalue weighted by atomic mass is 16.6. The Balaban J connectivity index is 2.12. The van der Waals surface area contributed by atoms with E-state index in [-0.39, 0.29) is 17.3 Å². The van der Waals surface area contributed by atoms with Gasteiger partial charge in [-0.05, 0) is 19.1 Å². The summed E-state index contributed by atoms with van der Waals surface area (Å²) < 4.78 is 1.80. The van der Waals surface area contributed by atoms with Crippen LogP contribution in [0.2, 0.25) is 0 Å². The fourth-order valence-electron chi connectivity index (χ4n) is 1.95. The maximum Gasteiger partial charge on any atom is 0.282 e. The number of hydrogen-bond donors (Lipinski definition) is 2. The van der Waals surface area contributed by atoms with E-state index >= 15 is 0 Å². The smallest absolute Gasteiger partial charge is 0.282 e. The average Bonchev–Trinajstić information content (AvgIpc) is 2.90. The van der Waals surface area contributed by atoms with Crippen LogP contribution in [-0.2, 0) is 6.54 Å². The van der Waals surface area contributed by atoms with Crippen LogP contribution in [0.15, 0.2) is 36.9 Å². The largest absolute Gasteiger partial charge is 0.399 e. The van der Waals surface area contributed by atoms with E-state index in [0.29, 0.717) is 12.2 Å². The molecule has 0 spiro atoms. The molecule has 0 saturated heterocycles. The van der Waals surface area contributed by atoms with Gasteiger partial charge in [0, 0.05) is 36.7 Å². The number of nitrogen functional groups attached to an aromatic ring is 1. The number of aromatic nitrogens is 2. The van der Waals surface area contributed by atoms with Crippen LogP contribution in [0, 0.1) is 10.1 Å². The Morgan fingerprint density at radius 2 is 2.33 bits per heavy atom. The summed E-state index contributed by atoms with van der Waals surface area (Å²) in [6, 6.07) is 3.71. The number of hydrogen-bond acceptors (Lipinski definition) is 5. The molecule has 0 saturated carbocycles. The van der Waals surface area contributed by atoms with Crippen molar-refractivity contribution in [2.75, 3.05) is 5.73 Å². The highest BCUT2D eigenvalue weighted by Gasteiger charge is 2.21. The van der Waals surface area contributed by atoms with Crippen LogP contribution in [0.25, 0.3) is 0 Å². The first-order chi connectivity index (χ1) is 9.97. The lowest BCUT2D eigenvalue weighted by Crippen LogP contribution is -2.35. The number of carbonyl (C=O) groups excluding carboxylic acids is 1. The second-order valence-corrected chi connectivity index (χ2v) is 4.67. The molecule has 8 nitrogen and oxygen atoms in total. The van der Waals surface area contributed by atoms with Crippen LogP contribution in [0.3, 0.4) is 0 Å². The first-order valence-electron chi connectivity index (χ1n) is 6.28. The van der Waals surface area contributed by atoms with Crippen molar-refractivity contribution >= 4 is 17.3 Å². The Morgan fingerprint density at radius 3 is 2.95 bits per heavy atom. The summed E-state index contributed by atoms with van der Waals surface area (Å²) in [6.07, 6.45) is 5.04. The van der Waals surface area contributed by atoms with Crippen LogP contribution in [0.4, 0.5) is 11.4 Å². The molecule has 1 heterocycles. The van der Waals surface area contributed by atoms with Gasteiger partial charge in [0.15, 0.2) is 0 Å². The number of nitrogens with zero attached hydrogens (tertiary/aromatic N) is 3. The molecule has 2 aromatic rings. The predicted molar refractivity (Wildman–Crippen MR) is 76.7 cm³/mol. The van der Waals surface area contributed by atoms with Gasteiger partial charge in [-0.1, -0.05) is 0 Å². The van der Waals surface area contributed by atoms with Crippen LogP contribution < -0.4 is 11.1 Å². The summed E-state index contributed by atoms with van der Waals surface area (Å²) >= 11 is 0. The summed E-state index contributed by atoms with van der Waals surface area (Å²) in [5.74, 6) is -0.526. The molecule has 0 fully saturated rings. The van der Waals surface area contributed by atoms with Gasteiger partial charge in [-0.15, -0.1) is 0 Å². The van der Waals surface area contributed by atoms with Crippen molar-refractivity contribution in [3.8, 4) is 0 Å². The Morgan fingerprint density at radius 1 is 1.57 bits per heavy atom.